The smallest absolute Gasteiger partial charge is 0.264 e. The molecule has 0 aromatic heterocycles. The lowest BCUT2D eigenvalue weighted by Crippen LogP contribution is -2.51. The van der Waals surface area contributed by atoms with Crippen LogP contribution in [0.3, 0.4) is 0 Å². The topological polar surface area (TPSA) is 96.0 Å². The third kappa shape index (κ3) is 8.08. The molecule has 1 N–H and O–H groups in total. The summed E-state index contributed by atoms with van der Waals surface area (Å²) in [6, 6.07) is 19.6. The minimum Gasteiger partial charge on any atom is -0.494 e. The second-order valence-corrected chi connectivity index (χ2v) is 12.1. The first-order valence-corrected chi connectivity index (χ1v) is 15.4. The van der Waals surface area contributed by atoms with Gasteiger partial charge in [-0.05, 0) is 81.3 Å². The number of sulfonamides is 1. The van der Waals surface area contributed by atoms with Crippen LogP contribution < -0.4 is 14.4 Å². The molecule has 0 saturated heterocycles. The van der Waals surface area contributed by atoms with Gasteiger partial charge in [-0.25, -0.2) is 8.42 Å². The lowest BCUT2D eigenvalue weighted by molar-refractivity contribution is -0.139. The van der Waals surface area contributed by atoms with Crippen LogP contribution in [0.25, 0.3) is 0 Å². The van der Waals surface area contributed by atoms with E-state index in [0.717, 1.165) is 26.3 Å². The number of aryl methyl sites for hydroxylation is 1. The fraction of sp³-hybridized carbons (Fsp3) is 0.333. The maximum Gasteiger partial charge on any atom is 0.264 e. The highest BCUT2D eigenvalue weighted by molar-refractivity contribution is 9.10. The van der Waals surface area contributed by atoms with Gasteiger partial charge in [0.1, 0.15) is 18.3 Å². The van der Waals surface area contributed by atoms with Crippen LogP contribution in [0.4, 0.5) is 5.69 Å². The van der Waals surface area contributed by atoms with Gasteiger partial charge in [0, 0.05) is 17.6 Å². The van der Waals surface area contributed by atoms with Gasteiger partial charge in [0.05, 0.1) is 17.2 Å². The van der Waals surface area contributed by atoms with Crippen molar-refractivity contribution in [3.8, 4) is 5.75 Å². The van der Waals surface area contributed by atoms with Crippen LogP contribution >= 0.6 is 15.9 Å². The molecule has 3 aromatic carbocycles. The Hall–Kier alpha value is -3.37. The Morgan fingerprint density at radius 2 is 1.68 bits per heavy atom. The summed E-state index contributed by atoms with van der Waals surface area (Å²) in [5.74, 6) is -0.231. The normalized spacial score (nSPS) is 11.9. The molecule has 3 rings (SSSR count). The number of nitrogens with zero attached hydrogens (tertiary/aromatic N) is 2. The first kappa shape index (κ1) is 31.2. The minimum atomic E-state index is -4.13. The minimum absolute atomic E-state index is 0.0621. The summed E-state index contributed by atoms with van der Waals surface area (Å²) in [5.41, 5.74) is 2.02. The van der Waals surface area contributed by atoms with Gasteiger partial charge in [-0.15, -0.1) is 0 Å². The van der Waals surface area contributed by atoms with Crippen LogP contribution in [0.1, 0.15) is 38.3 Å². The van der Waals surface area contributed by atoms with Crippen molar-refractivity contribution in [1.82, 2.24) is 10.2 Å². The van der Waals surface area contributed by atoms with Crippen molar-refractivity contribution in [3.05, 3.63) is 88.4 Å². The monoisotopic (exact) mass is 629 g/mol. The van der Waals surface area contributed by atoms with Gasteiger partial charge in [0.2, 0.25) is 11.8 Å². The zero-order valence-corrected chi connectivity index (χ0v) is 25.7. The van der Waals surface area contributed by atoms with E-state index in [1.165, 1.54) is 17.0 Å². The van der Waals surface area contributed by atoms with Crippen LogP contribution in [0.5, 0.6) is 5.75 Å². The molecule has 0 aliphatic heterocycles. The van der Waals surface area contributed by atoms with Crippen LogP contribution in [0.2, 0.25) is 0 Å². The zero-order chi connectivity index (χ0) is 29.3. The fourth-order valence-corrected chi connectivity index (χ4v) is 5.91. The number of hydrogen-bond donors (Lipinski definition) is 1. The number of carbonyl (C=O) groups is 2. The average Bonchev–Trinajstić information content (AvgIpc) is 2.93. The van der Waals surface area contributed by atoms with Gasteiger partial charge in [-0.1, -0.05) is 52.7 Å². The van der Waals surface area contributed by atoms with Crippen LogP contribution in [0.15, 0.2) is 82.2 Å². The van der Waals surface area contributed by atoms with Gasteiger partial charge in [0.15, 0.2) is 0 Å². The van der Waals surface area contributed by atoms with E-state index in [2.05, 4.69) is 21.2 Å². The van der Waals surface area contributed by atoms with Crippen LogP contribution in [-0.4, -0.2) is 50.9 Å². The van der Waals surface area contributed by atoms with Crippen LogP contribution in [-0.2, 0) is 26.2 Å². The predicted molar refractivity (Wildman–Crippen MR) is 161 cm³/mol. The standard InChI is InChI=1S/C30H36BrN3O5S/c1-5-18-32-30(36)23(4)33(20-24-8-7-9-25(31)19-24)29(35)21-34(26-12-14-27(15-13-26)39-6-2)40(37,38)28-16-10-22(3)11-17-28/h7-17,19,23H,5-6,18,20-21H2,1-4H3,(H,32,36)/t23-/m0/s1. The molecule has 1 atom stereocenters. The Morgan fingerprint density at radius 1 is 1.00 bits per heavy atom. The van der Waals surface area contributed by atoms with E-state index in [0.29, 0.717) is 24.6 Å². The van der Waals surface area contributed by atoms with Gasteiger partial charge >= 0.3 is 0 Å². The van der Waals surface area contributed by atoms with E-state index in [1.807, 2.05) is 45.0 Å². The molecule has 0 spiro atoms. The molecule has 8 nitrogen and oxygen atoms in total. The molecule has 214 valence electrons. The third-order valence-electron chi connectivity index (χ3n) is 6.28. The van der Waals surface area contributed by atoms with Crippen molar-refractivity contribution >= 4 is 43.5 Å². The largest absolute Gasteiger partial charge is 0.494 e. The van der Waals surface area contributed by atoms with Gasteiger partial charge in [-0.2, -0.15) is 0 Å². The number of benzene rings is 3. The number of halogens is 1. The van der Waals surface area contributed by atoms with Crippen molar-refractivity contribution in [2.24, 2.45) is 0 Å². The first-order chi connectivity index (χ1) is 19.1. The van der Waals surface area contributed by atoms with Gasteiger partial charge in [-0.3, -0.25) is 13.9 Å². The Kier molecular flexibility index (Phi) is 11.2. The molecule has 0 unspecified atom stereocenters. The Morgan fingerprint density at radius 3 is 2.27 bits per heavy atom. The summed E-state index contributed by atoms with van der Waals surface area (Å²) in [4.78, 5) is 28.4. The molecular weight excluding hydrogens is 594 g/mol. The first-order valence-electron chi connectivity index (χ1n) is 13.2. The Bertz CT molecular complexity index is 1400. The van der Waals surface area contributed by atoms with Crippen molar-refractivity contribution in [2.45, 2.75) is 51.6 Å². The molecule has 0 aliphatic carbocycles. The van der Waals surface area contributed by atoms with Gasteiger partial charge in [0.25, 0.3) is 10.0 Å². The van der Waals surface area contributed by atoms with E-state index in [-0.39, 0.29) is 17.3 Å². The number of carbonyl (C=O) groups excluding carboxylic acids is 2. The highest BCUT2D eigenvalue weighted by Gasteiger charge is 2.32. The molecule has 2 amide bonds. The molecule has 0 heterocycles. The molecule has 3 aromatic rings. The summed E-state index contributed by atoms with van der Waals surface area (Å²) in [5, 5.41) is 2.84. The van der Waals surface area contributed by atoms with Crippen molar-refractivity contribution in [3.63, 3.8) is 0 Å². The lowest BCUT2D eigenvalue weighted by Gasteiger charge is -2.32. The van der Waals surface area contributed by atoms with Crippen molar-refractivity contribution in [1.29, 1.82) is 0 Å². The van der Waals surface area contributed by atoms with E-state index in [4.69, 9.17) is 4.74 Å². The number of rotatable bonds is 13. The highest BCUT2D eigenvalue weighted by atomic mass is 79.9. The summed E-state index contributed by atoms with van der Waals surface area (Å²) in [6.07, 6.45) is 0.748. The SMILES string of the molecule is CCCNC(=O)[C@H](C)N(Cc1cccc(Br)c1)C(=O)CN(c1ccc(OCC)cc1)S(=O)(=O)c1ccc(C)cc1. The Labute approximate surface area is 245 Å². The molecule has 40 heavy (non-hydrogen) atoms. The third-order valence-corrected chi connectivity index (χ3v) is 8.56. The maximum atomic E-state index is 13.9. The predicted octanol–water partition coefficient (Wildman–Crippen LogP) is 5.30. The van der Waals surface area contributed by atoms with Gasteiger partial charge < -0.3 is 15.0 Å². The highest BCUT2D eigenvalue weighted by Crippen LogP contribution is 2.27. The second-order valence-electron chi connectivity index (χ2n) is 9.37. The van der Waals surface area contributed by atoms with E-state index in [1.54, 1.807) is 43.3 Å². The van der Waals surface area contributed by atoms with Crippen molar-refractivity contribution < 1.29 is 22.7 Å². The zero-order valence-electron chi connectivity index (χ0n) is 23.3. The maximum absolute atomic E-state index is 13.9. The molecule has 0 saturated carbocycles. The fourth-order valence-electron chi connectivity index (χ4n) is 4.05. The molecule has 0 aliphatic rings. The Balaban J connectivity index is 2.02. The summed E-state index contributed by atoms with van der Waals surface area (Å²) in [7, 11) is -4.13. The number of ether oxygens (including phenoxy) is 1. The number of nitrogens with one attached hydrogen (secondary N) is 1. The number of amides is 2. The lowest BCUT2D eigenvalue weighted by atomic mass is 10.1. The second kappa shape index (κ2) is 14.3. The summed E-state index contributed by atoms with van der Waals surface area (Å²) >= 11 is 3.45. The number of anilines is 1. The van der Waals surface area contributed by atoms with E-state index >= 15 is 0 Å². The summed E-state index contributed by atoms with van der Waals surface area (Å²) in [6.45, 7) is 7.89. The molecule has 0 radical (unpaired) electrons. The number of hydrogen-bond acceptors (Lipinski definition) is 5. The summed E-state index contributed by atoms with van der Waals surface area (Å²) < 4.78 is 35.2. The van der Waals surface area contributed by atoms with E-state index in [9.17, 15) is 18.0 Å². The molecule has 0 fully saturated rings. The molecular formula is C30H36BrN3O5S. The van der Waals surface area contributed by atoms with Crippen molar-refractivity contribution in [2.75, 3.05) is 24.0 Å². The van der Waals surface area contributed by atoms with E-state index < -0.39 is 28.5 Å². The average molecular weight is 631 g/mol. The van der Waals surface area contributed by atoms with Crippen LogP contribution in [0, 0.1) is 6.92 Å². The molecule has 10 heteroatoms. The molecule has 0 bridgehead atoms. The quantitative estimate of drug-likeness (QED) is 0.277.